The van der Waals surface area contributed by atoms with E-state index in [2.05, 4.69) is 26.1 Å². The number of likely N-dealkylation sites (N-methyl/N-ethyl adjacent to an activating group) is 1. The van der Waals surface area contributed by atoms with E-state index in [9.17, 15) is 13.2 Å². The molecule has 0 saturated carbocycles. The van der Waals surface area contributed by atoms with Crippen molar-refractivity contribution in [1.82, 2.24) is 19.4 Å². The number of rotatable bonds is 6. The Morgan fingerprint density at radius 3 is 2.35 bits per heavy atom. The number of benzene rings is 1. The van der Waals surface area contributed by atoms with Gasteiger partial charge in [-0.25, -0.2) is 13.8 Å². The van der Waals surface area contributed by atoms with Crippen molar-refractivity contribution in [3.8, 4) is 0 Å². The zero-order chi connectivity index (χ0) is 23.2. The number of amides is 2. The van der Waals surface area contributed by atoms with E-state index < -0.39 is 16.2 Å². The van der Waals surface area contributed by atoms with E-state index in [0.29, 0.717) is 5.69 Å². The molecule has 0 bridgehead atoms. The summed E-state index contributed by atoms with van der Waals surface area (Å²) in [5.74, 6) is 0. The Bertz CT molecular complexity index is 1150. The van der Waals surface area contributed by atoms with Crippen LogP contribution in [0.4, 0.5) is 16.2 Å². The summed E-state index contributed by atoms with van der Waals surface area (Å²) in [5, 5.41) is 7.06. The van der Waals surface area contributed by atoms with Gasteiger partial charge in [0.15, 0.2) is 0 Å². The quantitative estimate of drug-likeness (QED) is 0.594. The van der Waals surface area contributed by atoms with Crippen LogP contribution in [0.5, 0.6) is 0 Å². The van der Waals surface area contributed by atoms with Crippen LogP contribution in [0.3, 0.4) is 0 Å². The van der Waals surface area contributed by atoms with Gasteiger partial charge in [0, 0.05) is 25.0 Å². The monoisotopic (exact) mass is 496 g/mol. The minimum atomic E-state index is -4.13. The molecule has 1 aliphatic heterocycles. The number of urea groups is 1. The SMILES string of the molecule is CN1CCCC1CN(c1cnn(C)c1)S(=O)(=O)NC(=O)Nc1c2c(cc3c1CCC3)CCC2.[NaH]. The third-order valence-corrected chi connectivity index (χ3v) is 8.63. The molecule has 0 spiro atoms. The first kappa shape index (κ1) is 25.5. The second kappa shape index (κ2) is 10.2. The maximum absolute atomic E-state index is 13.4. The van der Waals surface area contributed by atoms with Crippen molar-refractivity contribution in [2.24, 2.45) is 7.05 Å². The Labute approximate surface area is 223 Å². The molecular weight excluding hydrogens is 463 g/mol. The topological polar surface area (TPSA) is 99.6 Å². The number of aryl methyl sites for hydroxylation is 3. The molecule has 1 saturated heterocycles. The fraction of sp³-hybridized carbons (Fsp3) is 0.565. The molecule has 1 aromatic carbocycles. The summed E-state index contributed by atoms with van der Waals surface area (Å²) >= 11 is 0. The van der Waals surface area contributed by atoms with E-state index in [1.807, 2.05) is 7.05 Å². The number of likely N-dealkylation sites (tertiary alicyclic amines) is 1. The molecule has 2 amide bonds. The average molecular weight is 497 g/mol. The zero-order valence-electron chi connectivity index (χ0n) is 19.3. The zero-order valence-corrected chi connectivity index (χ0v) is 20.1. The van der Waals surface area contributed by atoms with Crippen molar-refractivity contribution >= 4 is 57.2 Å². The van der Waals surface area contributed by atoms with E-state index in [4.69, 9.17) is 0 Å². The van der Waals surface area contributed by atoms with Gasteiger partial charge in [-0.15, -0.1) is 0 Å². The summed E-state index contributed by atoms with van der Waals surface area (Å²) in [6, 6.07) is 1.66. The molecule has 1 aromatic heterocycles. The normalized spacial score (nSPS) is 19.4. The molecule has 1 atom stereocenters. The van der Waals surface area contributed by atoms with Crippen LogP contribution in [0.2, 0.25) is 0 Å². The third-order valence-electron chi connectivity index (χ3n) is 7.25. The first-order valence-corrected chi connectivity index (χ1v) is 13.2. The number of hydrogen-bond donors (Lipinski definition) is 2. The van der Waals surface area contributed by atoms with Gasteiger partial charge < -0.3 is 10.2 Å². The van der Waals surface area contributed by atoms with E-state index in [0.717, 1.165) is 63.6 Å². The van der Waals surface area contributed by atoms with Gasteiger partial charge >= 0.3 is 45.8 Å². The number of hydrogen-bond acceptors (Lipinski definition) is 5. The molecule has 11 heteroatoms. The standard InChI is InChI=1S/C23H32N6O3S.Na.H/c1-27-11-5-8-18(27)15-29(19-13-24-28(2)14-19)33(31,32)26-23(30)25-22-20-9-3-6-16(20)12-17-7-4-10-21(17)22;;/h12-14,18H,3-11,15H2,1-2H3,(H2,25,26,30);;. The van der Waals surface area contributed by atoms with Gasteiger partial charge in [0.25, 0.3) is 0 Å². The number of nitrogens with one attached hydrogen (secondary N) is 2. The van der Waals surface area contributed by atoms with Crippen LogP contribution in [0.25, 0.3) is 0 Å². The molecule has 1 fully saturated rings. The Morgan fingerprint density at radius 2 is 1.79 bits per heavy atom. The van der Waals surface area contributed by atoms with E-state index in [-0.39, 0.29) is 42.1 Å². The second-order valence-corrected chi connectivity index (χ2v) is 11.1. The van der Waals surface area contributed by atoms with Crippen LogP contribution >= 0.6 is 0 Å². The Morgan fingerprint density at radius 1 is 1.12 bits per heavy atom. The molecule has 2 aliphatic carbocycles. The van der Waals surface area contributed by atoms with Gasteiger partial charge in [-0.05, 0) is 87.2 Å². The number of carbonyl (C=O) groups is 1. The number of carbonyl (C=O) groups excluding carboxylic acids is 1. The van der Waals surface area contributed by atoms with Crippen molar-refractivity contribution in [3.05, 3.63) is 40.7 Å². The molecule has 2 aromatic rings. The molecule has 9 nitrogen and oxygen atoms in total. The fourth-order valence-corrected chi connectivity index (χ4v) is 6.69. The third kappa shape index (κ3) is 5.02. The van der Waals surface area contributed by atoms with Crippen molar-refractivity contribution in [2.75, 3.05) is 29.8 Å². The summed E-state index contributed by atoms with van der Waals surface area (Å²) < 4.78 is 31.9. The Balaban J connectivity index is 0.00000274. The summed E-state index contributed by atoms with van der Waals surface area (Å²) in [5.41, 5.74) is 6.18. The van der Waals surface area contributed by atoms with Crippen molar-refractivity contribution < 1.29 is 13.2 Å². The number of fused-ring (bicyclic) bond motifs is 2. The van der Waals surface area contributed by atoms with Crippen LogP contribution in [0, 0.1) is 0 Å². The summed E-state index contributed by atoms with van der Waals surface area (Å²) in [6.45, 7) is 1.20. The van der Waals surface area contributed by atoms with E-state index in [1.54, 1.807) is 17.9 Å². The first-order valence-electron chi connectivity index (χ1n) is 11.8. The molecule has 5 rings (SSSR count). The van der Waals surface area contributed by atoms with Gasteiger partial charge in [-0.2, -0.15) is 13.5 Å². The van der Waals surface area contributed by atoms with Crippen molar-refractivity contribution in [3.63, 3.8) is 0 Å². The molecule has 180 valence electrons. The summed E-state index contributed by atoms with van der Waals surface area (Å²) in [4.78, 5) is 15.2. The van der Waals surface area contributed by atoms with Gasteiger partial charge in [-0.1, -0.05) is 6.07 Å². The predicted octanol–water partition coefficient (Wildman–Crippen LogP) is 1.72. The van der Waals surface area contributed by atoms with Gasteiger partial charge in [0.2, 0.25) is 0 Å². The Hall–Kier alpha value is -1.59. The molecule has 2 N–H and O–H groups in total. The minimum absolute atomic E-state index is 0. The van der Waals surface area contributed by atoms with Gasteiger partial charge in [-0.3, -0.25) is 4.68 Å². The number of aromatic nitrogens is 2. The molecule has 2 heterocycles. The van der Waals surface area contributed by atoms with E-state index in [1.165, 1.54) is 32.8 Å². The van der Waals surface area contributed by atoms with Gasteiger partial charge in [0.1, 0.15) is 0 Å². The maximum atomic E-state index is 13.4. The molecule has 0 radical (unpaired) electrons. The van der Waals surface area contributed by atoms with Crippen LogP contribution in [0.1, 0.15) is 47.9 Å². The molecule has 34 heavy (non-hydrogen) atoms. The van der Waals surface area contributed by atoms with E-state index >= 15 is 0 Å². The van der Waals surface area contributed by atoms with Crippen LogP contribution in [-0.4, -0.2) is 84.9 Å². The summed E-state index contributed by atoms with van der Waals surface area (Å²) in [7, 11) is -0.384. The van der Waals surface area contributed by atoms with Crippen molar-refractivity contribution in [1.29, 1.82) is 0 Å². The van der Waals surface area contributed by atoms with Crippen LogP contribution < -0.4 is 14.3 Å². The van der Waals surface area contributed by atoms with Crippen molar-refractivity contribution in [2.45, 2.75) is 57.4 Å². The molecule has 1 unspecified atom stereocenters. The molecular formula is C23H33N6NaO3S. The number of nitrogens with zero attached hydrogens (tertiary/aromatic N) is 4. The first-order chi connectivity index (χ1) is 15.8. The average Bonchev–Trinajstić information content (AvgIpc) is 3.53. The fourth-order valence-electron chi connectivity index (χ4n) is 5.56. The summed E-state index contributed by atoms with van der Waals surface area (Å²) in [6.07, 6.45) is 11.1. The molecule has 3 aliphatic rings. The number of anilines is 2. The van der Waals surface area contributed by atoms with Gasteiger partial charge in [0.05, 0.1) is 18.4 Å². The Kier molecular flexibility index (Phi) is 7.64. The predicted molar refractivity (Wildman–Crippen MR) is 135 cm³/mol. The van der Waals surface area contributed by atoms with Crippen LogP contribution in [-0.2, 0) is 42.9 Å². The second-order valence-electron chi connectivity index (χ2n) is 9.48. The van der Waals surface area contributed by atoms with Crippen LogP contribution in [0.15, 0.2) is 18.5 Å².